The van der Waals surface area contributed by atoms with E-state index in [1.807, 2.05) is 23.1 Å². The first-order valence-corrected chi connectivity index (χ1v) is 13.1. The minimum Gasteiger partial charge on any atom is -0.467 e. The molecule has 5 rings (SSSR count). The molecule has 2 aromatic rings. The van der Waals surface area contributed by atoms with Crippen molar-refractivity contribution in [3.05, 3.63) is 71.8 Å². The lowest BCUT2D eigenvalue weighted by molar-refractivity contribution is -0.161. The molecule has 0 spiro atoms. The number of hydrogen-bond donors (Lipinski definition) is 0. The zero-order valence-electron chi connectivity index (χ0n) is 20.9. The van der Waals surface area contributed by atoms with E-state index in [4.69, 9.17) is 9.15 Å². The van der Waals surface area contributed by atoms with Crippen molar-refractivity contribution in [1.82, 2.24) is 9.80 Å². The van der Waals surface area contributed by atoms with Crippen LogP contribution in [0.15, 0.2) is 64.9 Å². The van der Waals surface area contributed by atoms with Crippen LogP contribution in [0.3, 0.4) is 0 Å². The van der Waals surface area contributed by atoms with Crippen LogP contribution in [0.25, 0.3) is 0 Å². The lowest BCUT2D eigenvalue weighted by Crippen LogP contribution is -2.52. The molecular formula is C29H34N2O5. The number of fused-ring (bicyclic) bond motifs is 1. The predicted octanol–water partition coefficient (Wildman–Crippen LogP) is 4.65. The summed E-state index contributed by atoms with van der Waals surface area (Å²) in [6.07, 6.45) is 7.10. The Labute approximate surface area is 212 Å². The molecule has 36 heavy (non-hydrogen) atoms. The van der Waals surface area contributed by atoms with Gasteiger partial charge < -0.3 is 19.0 Å². The van der Waals surface area contributed by atoms with Crippen molar-refractivity contribution in [2.45, 2.75) is 57.9 Å². The maximum atomic E-state index is 13.7. The first-order valence-electron chi connectivity index (χ1n) is 13.1. The lowest BCUT2D eigenvalue weighted by Gasteiger charge is -2.44. The summed E-state index contributed by atoms with van der Waals surface area (Å²) in [5.41, 5.74) is 1.13. The fourth-order valence-corrected chi connectivity index (χ4v) is 6.17. The third-order valence-electron chi connectivity index (χ3n) is 8.00. The average molecular weight is 491 g/mol. The van der Waals surface area contributed by atoms with E-state index in [-0.39, 0.29) is 37.4 Å². The van der Waals surface area contributed by atoms with Gasteiger partial charge in [0.2, 0.25) is 11.8 Å². The number of amides is 2. The summed E-state index contributed by atoms with van der Waals surface area (Å²) >= 11 is 0. The lowest BCUT2D eigenvalue weighted by atomic mass is 9.71. The number of rotatable bonds is 7. The second kappa shape index (κ2) is 10.3. The van der Waals surface area contributed by atoms with E-state index in [2.05, 4.69) is 24.3 Å². The van der Waals surface area contributed by atoms with Crippen LogP contribution in [-0.2, 0) is 25.7 Å². The van der Waals surface area contributed by atoms with Crippen LogP contribution in [0.1, 0.15) is 62.7 Å². The Morgan fingerprint density at radius 2 is 1.89 bits per heavy atom. The summed E-state index contributed by atoms with van der Waals surface area (Å²) in [4.78, 5) is 43.9. The Morgan fingerprint density at radius 3 is 2.58 bits per heavy atom. The Bertz CT molecular complexity index is 1120. The van der Waals surface area contributed by atoms with E-state index in [1.165, 1.54) is 5.56 Å². The fraction of sp³-hybridized carbons (Fsp3) is 0.483. The number of esters is 1. The topological polar surface area (TPSA) is 80.1 Å². The van der Waals surface area contributed by atoms with Gasteiger partial charge in [-0.2, -0.15) is 0 Å². The molecule has 2 aliphatic heterocycles. The van der Waals surface area contributed by atoms with Gasteiger partial charge in [-0.05, 0) is 62.6 Å². The van der Waals surface area contributed by atoms with Crippen molar-refractivity contribution in [3.8, 4) is 0 Å². The van der Waals surface area contributed by atoms with Crippen molar-refractivity contribution >= 4 is 17.8 Å². The van der Waals surface area contributed by atoms with Gasteiger partial charge in [0.1, 0.15) is 11.2 Å². The largest absolute Gasteiger partial charge is 0.467 e. The zero-order valence-corrected chi connectivity index (χ0v) is 20.9. The maximum Gasteiger partial charge on any atom is 0.318 e. The van der Waals surface area contributed by atoms with Crippen molar-refractivity contribution in [2.75, 3.05) is 19.7 Å². The molecule has 2 atom stereocenters. The molecule has 3 heterocycles. The van der Waals surface area contributed by atoms with E-state index < -0.39 is 11.3 Å². The van der Waals surface area contributed by atoms with E-state index >= 15 is 0 Å². The SMILES string of the molecule is CCOC(=O)[C@]12CCC=C1N(Cc1ccco1)C(=O)[C@H](CC(=O)N1CCC(c3ccccc3)CC1)C2. The average Bonchev–Trinajstić information content (AvgIpc) is 3.58. The highest BCUT2D eigenvalue weighted by molar-refractivity contribution is 5.92. The number of hydrogen-bond acceptors (Lipinski definition) is 5. The summed E-state index contributed by atoms with van der Waals surface area (Å²) in [5, 5.41) is 0. The van der Waals surface area contributed by atoms with Crippen LogP contribution in [0, 0.1) is 11.3 Å². The summed E-state index contributed by atoms with van der Waals surface area (Å²) in [6.45, 7) is 3.68. The molecule has 7 nitrogen and oxygen atoms in total. The molecule has 0 saturated carbocycles. The minimum atomic E-state index is -0.887. The highest BCUT2D eigenvalue weighted by Gasteiger charge is 2.55. The normalized spacial score (nSPS) is 24.4. The van der Waals surface area contributed by atoms with E-state index in [1.54, 1.807) is 24.2 Å². The molecule has 0 bridgehead atoms. The maximum absolute atomic E-state index is 13.7. The van der Waals surface area contributed by atoms with Gasteiger partial charge in [-0.3, -0.25) is 14.4 Å². The van der Waals surface area contributed by atoms with Gasteiger partial charge >= 0.3 is 5.97 Å². The van der Waals surface area contributed by atoms with Crippen LogP contribution >= 0.6 is 0 Å². The molecule has 3 aliphatic rings. The number of nitrogens with zero attached hydrogens (tertiary/aromatic N) is 2. The summed E-state index contributed by atoms with van der Waals surface area (Å²) in [5.74, 6) is 0.0949. The van der Waals surface area contributed by atoms with Crippen molar-refractivity contribution in [3.63, 3.8) is 0 Å². The Morgan fingerprint density at radius 1 is 1.11 bits per heavy atom. The van der Waals surface area contributed by atoms with Gasteiger partial charge in [0, 0.05) is 31.1 Å². The Kier molecular flexibility index (Phi) is 6.99. The smallest absolute Gasteiger partial charge is 0.318 e. The monoisotopic (exact) mass is 490 g/mol. The van der Waals surface area contributed by atoms with Gasteiger partial charge in [0.05, 0.1) is 19.4 Å². The standard InChI is InChI=1S/C29H34N2O5/c1-2-35-28(34)29-14-6-11-25(29)31(20-24-10-7-17-36-24)27(33)23(19-29)18-26(32)30-15-12-22(13-16-30)21-8-4-3-5-9-21/h3-5,7-11,17,22-23H,2,6,12-16,18-20H2,1H3/t23-,29+/m1/s1. The van der Waals surface area contributed by atoms with Crippen molar-refractivity contribution in [1.29, 1.82) is 0 Å². The molecule has 2 fully saturated rings. The molecule has 1 aliphatic carbocycles. The van der Waals surface area contributed by atoms with E-state index in [9.17, 15) is 14.4 Å². The Hall–Kier alpha value is -3.35. The number of carbonyl (C=O) groups excluding carboxylic acids is 3. The number of likely N-dealkylation sites (tertiary alicyclic amines) is 2. The third kappa shape index (κ3) is 4.59. The first-order chi connectivity index (χ1) is 17.5. The minimum absolute atomic E-state index is 0.0118. The Balaban J connectivity index is 1.32. The molecule has 1 aromatic carbocycles. The zero-order chi connectivity index (χ0) is 25.1. The molecule has 7 heteroatoms. The number of piperidine rings is 2. The van der Waals surface area contributed by atoms with Gasteiger partial charge in [-0.15, -0.1) is 0 Å². The number of benzene rings is 1. The van der Waals surface area contributed by atoms with Crippen LogP contribution in [0.5, 0.6) is 0 Å². The summed E-state index contributed by atoms with van der Waals surface area (Å²) in [7, 11) is 0. The van der Waals surface area contributed by atoms with Gasteiger partial charge in [-0.1, -0.05) is 36.4 Å². The molecule has 0 unspecified atom stereocenters. The van der Waals surface area contributed by atoms with Crippen LogP contribution in [0.2, 0.25) is 0 Å². The molecular weight excluding hydrogens is 456 g/mol. The number of carbonyl (C=O) groups is 3. The fourth-order valence-electron chi connectivity index (χ4n) is 6.17. The third-order valence-corrected chi connectivity index (χ3v) is 8.00. The summed E-state index contributed by atoms with van der Waals surface area (Å²) in [6, 6.07) is 14.0. The second-order valence-corrected chi connectivity index (χ2v) is 10.1. The highest BCUT2D eigenvalue weighted by Crippen LogP contribution is 2.51. The van der Waals surface area contributed by atoms with Crippen molar-refractivity contribution in [2.24, 2.45) is 11.3 Å². The van der Waals surface area contributed by atoms with Gasteiger partial charge in [-0.25, -0.2) is 0 Å². The molecule has 2 saturated heterocycles. The van der Waals surface area contributed by atoms with E-state index in [0.29, 0.717) is 49.7 Å². The number of ether oxygens (including phenoxy) is 1. The van der Waals surface area contributed by atoms with E-state index in [0.717, 1.165) is 12.8 Å². The van der Waals surface area contributed by atoms with Crippen LogP contribution < -0.4 is 0 Å². The number of allylic oxidation sites excluding steroid dienone is 1. The van der Waals surface area contributed by atoms with Gasteiger partial charge in [0.25, 0.3) is 0 Å². The number of furan rings is 1. The highest BCUT2D eigenvalue weighted by atomic mass is 16.5. The van der Waals surface area contributed by atoms with Crippen LogP contribution in [-0.4, -0.2) is 47.3 Å². The molecule has 190 valence electrons. The molecule has 0 N–H and O–H groups in total. The molecule has 2 amide bonds. The first kappa shape index (κ1) is 24.3. The van der Waals surface area contributed by atoms with Gasteiger partial charge in [0.15, 0.2) is 0 Å². The molecule has 1 aromatic heterocycles. The van der Waals surface area contributed by atoms with Crippen LogP contribution in [0.4, 0.5) is 0 Å². The molecule has 0 radical (unpaired) electrons. The quantitative estimate of drug-likeness (QED) is 0.528. The predicted molar refractivity (Wildman–Crippen MR) is 133 cm³/mol. The summed E-state index contributed by atoms with van der Waals surface area (Å²) < 4.78 is 11.0. The second-order valence-electron chi connectivity index (χ2n) is 10.1. The van der Waals surface area contributed by atoms with Crippen molar-refractivity contribution < 1.29 is 23.5 Å².